The van der Waals surface area contributed by atoms with Crippen LogP contribution in [0, 0.1) is 6.92 Å². The quantitative estimate of drug-likeness (QED) is 0.744. The van der Waals surface area contributed by atoms with Crippen LogP contribution in [0.5, 0.6) is 0 Å². The van der Waals surface area contributed by atoms with Gasteiger partial charge in [-0.05, 0) is 36.8 Å². The summed E-state index contributed by atoms with van der Waals surface area (Å²) < 4.78 is 0. The Morgan fingerprint density at radius 1 is 1.00 bits per heavy atom. The van der Waals surface area contributed by atoms with Gasteiger partial charge in [0, 0.05) is 22.0 Å². The van der Waals surface area contributed by atoms with Crippen LogP contribution < -0.4 is 5.32 Å². The first kappa shape index (κ1) is 15.0. The lowest BCUT2D eigenvalue weighted by atomic mass is 10.1. The van der Waals surface area contributed by atoms with Crippen LogP contribution in [0.1, 0.15) is 31.8 Å². The summed E-state index contributed by atoms with van der Waals surface area (Å²) in [4.78, 5) is 17.4. The van der Waals surface area contributed by atoms with Crippen LogP contribution >= 0.6 is 11.3 Å². The van der Waals surface area contributed by atoms with Crippen LogP contribution in [0.3, 0.4) is 0 Å². The van der Waals surface area contributed by atoms with Crippen molar-refractivity contribution in [2.24, 2.45) is 0 Å². The fourth-order valence-electron chi connectivity index (χ4n) is 3.06. The first-order valence-electron chi connectivity index (χ1n) is 7.99. The molecule has 0 aliphatic carbocycles. The minimum absolute atomic E-state index is 0.0734. The van der Waals surface area contributed by atoms with E-state index in [1.807, 2.05) is 47.4 Å². The van der Waals surface area contributed by atoms with E-state index in [0.29, 0.717) is 6.54 Å². The van der Waals surface area contributed by atoms with Crippen molar-refractivity contribution in [3.8, 4) is 0 Å². The minimum Gasteiger partial charge on any atom is -0.360 e. The molecule has 0 spiro atoms. The Morgan fingerprint density at radius 3 is 2.50 bits per heavy atom. The number of hydrogen-bond acceptors (Lipinski definition) is 3. The summed E-state index contributed by atoms with van der Waals surface area (Å²) in [7, 11) is 0. The van der Waals surface area contributed by atoms with Crippen molar-refractivity contribution in [3.63, 3.8) is 0 Å². The molecule has 2 aromatic carbocycles. The van der Waals surface area contributed by atoms with Crippen molar-refractivity contribution in [1.82, 2.24) is 4.90 Å². The lowest BCUT2D eigenvalue weighted by Crippen LogP contribution is -2.42. The van der Waals surface area contributed by atoms with Gasteiger partial charge < -0.3 is 10.2 Å². The summed E-state index contributed by atoms with van der Waals surface area (Å²) in [6.45, 7) is 2.68. The van der Waals surface area contributed by atoms with Crippen molar-refractivity contribution in [2.75, 3.05) is 5.32 Å². The number of nitrogens with zero attached hydrogens (tertiary/aromatic N) is 1. The summed E-state index contributed by atoms with van der Waals surface area (Å²) in [5.41, 5.74) is 2.77. The van der Waals surface area contributed by atoms with Gasteiger partial charge in [-0.1, -0.05) is 42.5 Å². The molecule has 1 amide bonds. The standard InChI is InChI=1S/C20H18N2OS/c1-14-11-12-18(24-14)19-21-17-10-6-5-9-16(17)20(23)22(19)13-15-7-3-2-4-8-15/h2-12,19,21H,13H2,1H3. The SMILES string of the molecule is Cc1ccc(C2Nc3ccccc3C(=O)N2Cc2ccccc2)s1. The first-order chi connectivity index (χ1) is 11.7. The Morgan fingerprint density at radius 2 is 1.75 bits per heavy atom. The topological polar surface area (TPSA) is 32.3 Å². The molecule has 3 aromatic rings. The average molecular weight is 334 g/mol. The number of para-hydroxylation sites is 1. The predicted octanol–water partition coefficient (Wildman–Crippen LogP) is 4.82. The molecule has 1 aliphatic heterocycles. The van der Waals surface area contributed by atoms with E-state index >= 15 is 0 Å². The van der Waals surface area contributed by atoms with E-state index in [9.17, 15) is 4.79 Å². The molecule has 24 heavy (non-hydrogen) atoms. The Kier molecular flexibility index (Phi) is 3.82. The molecule has 0 radical (unpaired) electrons. The van der Waals surface area contributed by atoms with Gasteiger partial charge in [0.1, 0.15) is 6.17 Å². The van der Waals surface area contributed by atoms with Crippen molar-refractivity contribution in [2.45, 2.75) is 19.6 Å². The molecule has 3 nitrogen and oxygen atoms in total. The van der Waals surface area contributed by atoms with E-state index in [0.717, 1.165) is 21.7 Å². The lowest BCUT2D eigenvalue weighted by molar-refractivity contribution is 0.0669. The Bertz CT molecular complexity index is 872. The Hall–Kier alpha value is -2.59. The van der Waals surface area contributed by atoms with E-state index in [-0.39, 0.29) is 12.1 Å². The second-order valence-electron chi connectivity index (χ2n) is 5.96. The van der Waals surface area contributed by atoms with Crippen molar-refractivity contribution in [3.05, 3.63) is 87.6 Å². The lowest BCUT2D eigenvalue weighted by Gasteiger charge is -2.37. The average Bonchev–Trinajstić information content (AvgIpc) is 3.04. The van der Waals surface area contributed by atoms with Crippen LogP contribution in [-0.4, -0.2) is 10.8 Å². The van der Waals surface area contributed by atoms with Crippen LogP contribution in [0.15, 0.2) is 66.7 Å². The molecule has 1 aromatic heterocycles. The summed E-state index contributed by atoms with van der Waals surface area (Å²) in [5, 5.41) is 3.54. The van der Waals surface area contributed by atoms with E-state index in [1.54, 1.807) is 11.3 Å². The van der Waals surface area contributed by atoms with E-state index in [1.165, 1.54) is 4.88 Å². The zero-order valence-corrected chi connectivity index (χ0v) is 14.2. The highest BCUT2D eigenvalue weighted by molar-refractivity contribution is 7.12. The molecule has 0 saturated carbocycles. The van der Waals surface area contributed by atoms with Crippen LogP contribution in [0.2, 0.25) is 0 Å². The zero-order valence-electron chi connectivity index (χ0n) is 13.4. The third-order valence-electron chi connectivity index (χ3n) is 4.25. The fourth-order valence-corrected chi connectivity index (χ4v) is 4.00. The van der Waals surface area contributed by atoms with Crippen LogP contribution in [0.25, 0.3) is 0 Å². The van der Waals surface area contributed by atoms with Gasteiger partial charge in [0.05, 0.1) is 5.56 Å². The number of amides is 1. The number of carbonyl (C=O) groups excluding carboxylic acids is 1. The smallest absolute Gasteiger partial charge is 0.258 e. The van der Waals surface area contributed by atoms with Gasteiger partial charge in [-0.15, -0.1) is 11.3 Å². The zero-order chi connectivity index (χ0) is 16.5. The molecular weight excluding hydrogens is 316 g/mol. The maximum absolute atomic E-state index is 13.1. The highest BCUT2D eigenvalue weighted by Gasteiger charge is 2.33. The summed E-state index contributed by atoms with van der Waals surface area (Å²) in [6.07, 6.45) is -0.133. The first-order valence-corrected chi connectivity index (χ1v) is 8.81. The summed E-state index contributed by atoms with van der Waals surface area (Å²) in [6, 6.07) is 22.1. The van der Waals surface area contributed by atoms with Gasteiger partial charge in [-0.2, -0.15) is 0 Å². The third kappa shape index (κ3) is 2.69. The highest BCUT2D eigenvalue weighted by atomic mass is 32.1. The van der Waals surface area contributed by atoms with Gasteiger partial charge >= 0.3 is 0 Å². The van der Waals surface area contributed by atoms with Gasteiger partial charge in [-0.25, -0.2) is 0 Å². The normalized spacial score (nSPS) is 16.6. The second-order valence-corrected chi connectivity index (χ2v) is 7.28. The number of nitrogens with one attached hydrogen (secondary N) is 1. The number of anilines is 1. The largest absolute Gasteiger partial charge is 0.360 e. The molecule has 2 heterocycles. The van der Waals surface area contributed by atoms with Gasteiger partial charge in [0.15, 0.2) is 0 Å². The van der Waals surface area contributed by atoms with E-state index in [4.69, 9.17) is 0 Å². The third-order valence-corrected chi connectivity index (χ3v) is 5.30. The molecule has 4 rings (SSSR count). The molecular formula is C20H18N2OS. The molecule has 0 bridgehead atoms. The maximum atomic E-state index is 13.1. The highest BCUT2D eigenvalue weighted by Crippen LogP contribution is 2.36. The number of fused-ring (bicyclic) bond motifs is 1. The van der Waals surface area contributed by atoms with Crippen molar-refractivity contribution in [1.29, 1.82) is 0 Å². The Labute approximate surface area is 145 Å². The van der Waals surface area contributed by atoms with Gasteiger partial charge in [0.2, 0.25) is 0 Å². The molecule has 0 saturated heterocycles. The summed E-state index contributed by atoms with van der Waals surface area (Å²) in [5.74, 6) is 0.0734. The maximum Gasteiger partial charge on any atom is 0.258 e. The fraction of sp³-hybridized carbons (Fsp3) is 0.150. The van der Waals surface area contributed by atoms with Gasteiger partial charge in [-0.3, -0.25) is 4.79 Å². The van der Waals surface area contributed by atoms with E-state index < -0.39 is 0 Å². The Balaban J connectivity index is 1.75. The molecule has 120 valence electrons. The minimum atomic E-state index is -0.133. The van der Waals surface area contributed by atoms with Crippen molar-refractivity contribution < 1.29 is 4.79 Å². The number of thiophene rings is 1. The van der Waals surface area contributed by atoms with Crippen LogP contribution in [0.4, 0.5) is 5.69 Å². The molecule has 0 fully saturated rings. The number of benzene rings is 2. The number of aryl methyl sites for hydroxylation is 1. The number of hydrogen-bond donors (Lipinski definition) is 1. The molecule has 1 unspecified atom stereocenters. The number of carbonyl (C=O) groups is 1. The molecule has 1 aliphatic rings. The van der Waals surface area contributed by atoms with Gasteiger partial charge in [0.25, 0.3) is 5.91 Å². The number of rotatable bonds is 3. The predicted molar refractivity (Wildman–Crippen MR) is 98.2 cm³/mol. The summed E-state index contributed by atoms with van der Waals surface area (Å²) >= 11 is 1.73. The molecule has 1 atom stereocenters. The van der Waals surface area contributed by atoms with Crippen LogP contribution in [-0.2, 0) is 6.54 Å². The monoisotopic (exact) mass is 334 g/mol. The van der Waals surface area contributed by atoms with Crippen molar-refractivity contribution >= 4 is 22.9 Å². The second kappa shape index (κ2) is 6.13. The van der Waals surface area contributed by atoms with E-state index in [2.05, 4.69) is 36.5 Å². The molecule has 1 N–H and O–H groups in total. The molecule has 4 heteroatoms.